The summed E-state index contributed by atoms with van der Waals surface area (Å²) in [6.45, 7) is 4.53. The molecule has 1 aliphatic heterocycles. The van der Waals surface area contributed by atoms with Gasteiger partial charge in [-0.1, -0.05) is 18.2 Å². The number of allylic oxidation sites excluding steroid dienone is 1. The van der Waals surface area contributed by atoms with Gasteiger partial charge in [-0.3, -0.25) is 4.79 Å². The molecule has 3 heterocycles. The summed E-state index contributed by atoms with van der Waals surface area (Å²) in [7, 11) is 0. The minimum atomic E-state index is -0.543. The second kappa shape index (κ2) is 11.4. The van der Waals surface area contributed by atoms with E-state index >= 15 is 4.39 Å². The second-order valence-corrected chi connectivity index (χ2v) is 9.33. The lowest BCUT2D eigenvalue weighted by Gasteiger charge is -2.33. The Morgan fingerprint density at radius 1 is 1.20 bits per heavy atom. The van der Waals surface area contributed by atoms with Crippen molar-refractivity contribution in [2.24, 2.45) is 0 Å². The van der Waals surface area contributed by atoms with Gasteiger partial charge in [-0.05, 0) is 51.0 Å². The van der Waals surface area contributed by atoms with E-state index in [1.54, 1.807) is 47.7 Å². The van der Waals surface area contributed by atoms with Gasteiger partial charge in [-0.15, -0.1) is 0 Å². The molecule has 10 nitrogen and oxygen atoms in total. The van der Waals surface area contributed by atoms with Crippen LogP contribution in [0.4, 0.5) is 10.2 Å². The lowest BCUT2D eigenvalue weighted by Crippen LogP contribution is -2.41. The number of nitriles is 1. The third-order valence-corrected chi connectivity index (χ3v) is 6.76. The summed E-state index contributed by atoms with van der Waals surface area (Å²) in [5, 5.41) is 14.8. The summed E-state index contributed by atoms with van der Waals surface area (Å²) in [6, 6.07) is 15.3. The molecule has 0 bridgehead atoms. The molecule has 40 heavy (non-hydrogen) atoms. The highest BCUT2D eigenvalue weighted by atomic mass is 19.1. The Bertz CT molecular complexity index is 1630. The Balaban J connectivity index is 1.49. The van der Waals surface area contributed by atoms with Crippen molar-refractivity contribution in [1.29, 1.82) is 5.26 Å². The molecule has 2 aromatic carbocycles. The third kappa shape index (κ3) is 5.16. The van der Waals surface area contributed by atoms with Crippen LogP contribution in [0.25, 0.3) is 22.3 Å². The van der Waals surface area contributed by atoms with Gasteiger partial charge in [0.15, 0.2) is 11.2 Å². The number of ether oxygens (including phenoxy) is 2. The Morgan fingerprint density at radius 2 is 2.00 bits per heavy atom. The third-order valence-electron chi connectivity index (χ3n) is 6.76. The molecule has 0 aliphatic carbocycles. The van der Waals surface area contributed by atoms with Gasteiger partial charge in [0.25, 0.3) is 5.91 Å². The second-order valence-electron chi connectivity index (χ2n) is 9.33. The van der Waals surface area contributed by atoms with E-state index in [-0.39, 0.29) is 29.5 Å². The highest BCUT2D eigenvalue weighted by Crippen LogP contribution is 2.36. The molecule has 0 spiro atoms. The van der Waals surface area contributed by atoms with E-state index in [1.807, 2.05) is 24.3 Å². The summed E-state index contributed by atoms with van der Waals surface area (Å²) in [4.78, 5) is 23.3. The number of aromatic nitrogens is 4. The number of piperidine rings is 1. The predicted molar refractivity (Wildman–Crippen MR) is 146 cm³/mol. The van der Waals surface area contributed by atoms with Gasteiger partial charge < -0.3 is 20.1 Å². The van der Waals surface area contributed by atoms with Crippen molar-refractivity contribution < 1.29 is 18.7 Å². The first-order valence-electron chi connectivity index (χ1n) is 13.0. The molecule has 0 unspecified atom stereocenters. The van der Waals surface area contributed by atoms with Gasteiger partial charge in [0.05, 0.1) is 18.0 Å². The largest absolute Gasteiger partial charge is 0.497 e. The molecule has 1 aliphatic rings. The van der Waals surface area contributed by atoms with Gasteiger partial charge >= 0.3 is 0 Å². The monoisotopic (exact) mass is 541 g/mol. The number of para-hydroxylation sites is 1. The Hall–Kier alpha value is -4.98. The zero-order chi connectivity index (χ0) is 28.2. The van der Waals surface area contributed by atoms with Gasteiger partial charge in [-0.2, -0.15) is 10.4 Å². The maximum absolute atomic E-state index is 15.5. The van der Waals surface area contributed by atoms with Gasteiger partial charge in [0.2, 0.25) is 0 Å². The highest BCUT2D eigenvalue weighted by Gasteiger charge is 2.31. The van der Waals surface area contributed by atoms with Gasteiger partial charge in [-0.25, -0.2) is 19.0 Å². The van der Waals surface area contributed by atoms with Crippen LogP contribution in [0.15, 0.2) is 66.2 Å². The lowest BCUT2D eigenvalue weighted by atomic mass is 10.0. The number of hydrogen-bond donors (Lipinski definition) is 1. The van der Waals surface area contributed by atoms with Crippen molar-refractivity contribution in [3.8, 4) is 28.8 Å². The molecule has 2 N–H and O–H groups in total. The molecular weight excluding hydrogens is 513 g/mol. The number of benzene rings is 2. The van der Waals surface area contributed by atoms with Crippen LogP contribution >= 0.6 is 0 Å². The molecule has 204 valence electrons. The van der Waals surface area contributed by atoms with E-state index in [1.165, 1.54) is 12.4 Å². The molecular formula is C29H28FN7O3. The van der Waals surface area contributed by atoms with Crippen molar-refractivity contribution in [3.63, 3.8) is 0 Å². The summed E-state index contributed by atoms with van der Waals surface area (Å²) in [5.41, 5.74) is 7.17. The van der Waals surface area contributed by atoms with Crippen LogP contribution in [-0.2, 0) is 9.53 Å². The van der Waals surface area contributed by atoms with Crippen LogP contribution in [0, 0.1) is 17.1 Å². The lowest BCUT2D eigenvalue weighted by molar-refractivity contribution is -0.128. The normalized spacial score (nSPS) is 15.8. The van der Waals surface area contributed by atoms with Crippen LogP contribution in [-0.4, -0.2) is 50.3 Å². The molecule has 5 rings (SSSR count). The van der Waals surface area contributed by atoms with Crippen LogP contribution in [0.5, 0.6) is 11.5 Å². The molecule has 11 heteroatoms. The first kappa shape index (κ1) is 26.6. The molecule has 1 atom stereocenters. The fourth-order valence-corrected chi connectivity index (χ4v) is 4.88. The number of likely N-dealkylation sites (tertiary alicyclic amines) is 1. The van der Waals surface area contributed by atoms with Crippen LogP contribution in [0.3, 0.4) is 0 Å². The fourth-order valence-electron chi connectivity index (χ4n) is 4.88. The first-order chi connectivity index (χ1) is 19.4. The van der Waals surface area contributed by atoms with E-state index in [0.29, 0.717) is 60.0 Å². The number of hydrogen-bond acceptors (Lipinski definition) is 8. The van der Waals surface area contributed by atoms with Gasteiger partial charge in [0.1, 0.15) is 47.0 Å². The number of nitrogens with zero attached hydrogens (tertiary/aromatic N) is 6. The molecule has 1 amide bonds. The van der Waals surface area contributed by atoms with E-state index < -0.39 is 11.7 Å². The zero-order valence-electron chi connectivity index (χ0n) is 22.2. The average Bonchev–Trinajstić information content (AvgIpc) is 3.35. The summed E-state index contributed by atoms with van der Waals surface area (Å²) >= 11 is 0. The van der Waals surface area contributed by atoms with Crippen LogP contribution < -0.4 is 10.5 Å². The number of nitrogen functional groups attached to an aromatic ring is 1. The number of carbonyl (C=O) groups excluding carboxylic acids is 1. The Morgan fingerprint density at radius 3 is 2.73 bits per heavy atom. The minimum Gasteiger partial charge on any atom is -0.497 e. The van der Waals surface area contributed by atoms with Crippen molar-refractivity contribution in [1.82, 2.24) is 24.6 Å². The number of carbonyl (C=O) groups is 1. The molecule has 4 aromatic rings. The molecule has 0 radical (unpaired) electrons. The van der Waals surface area contributed by atoms with Crippen LogP contribution in [0.1, 0.15) is 32.7 Å². The number of halogens is 1. The smallest absolute Gasteiger partial charge is 0.268 e. The number of amides is 1. The van der Waals surface area contributed by atoms with Crippen molar-refractivity contribution in [2.75, 3.05) is 25.4 Å². The predicted octanol–water partition coefficient (Wildman–Crippen LogP) is 5.00. The van der Waals surface area contributed by atoms with Crippen molar-refractivity contribution >= 4 is 22.8 Å². The summed E-state index contributed by atoms with van der Waals surface area (Å²) in [5.74, 6) is 0.443. The van der Waals surface area contributed by atoms with E-state index in [9.17, 15) is 10.1 Å². The zero-order valence-corrected chi connectivity index (χ0v) is 22.2. The van der Waals surface area contributed by atoms with E-state index in [2.05, 4.69) is 9.97 Å². The highest BCUT2D eigenvalue weighted by molar-refractivity contribution is 5.99. The van der Waals surface area contributed by atoms with E-state index in [4.69, 9.17) is 20.3 Å². The summed E-state index contributed by atoms with van der Waals surface area (Å²) in [6.07, 6.45) is 2.72. The van der Waals surface area contributed by atoms with Gasteiger partial charge in [0, 0.05) is 24.7 Å². The Labute approximate surface area is 230 Å². The SMILES string of the molecule is CCO/C(C)=C(/C#N)C(=O)N1CCC[C@@H](n2nc(-c3ccc(Oc4ccccc4)cc3F)c3c(N)ncnc32)C1. The quantitative estimate of drug-likeness (QED) is 0.196. The fraction of sp³-hybridized carbons (Fsp3) is 0.276. The van der Waals surface area contributed by atoms with E-state index in [0.717, 1.165) is 0 Å². The number of fused-ring (bicyclic) bond motifs is 1. The standard InChI is InChI=1S/C29H28FN7O3/c1-3-39-18(2)23(15-31)29(38)36-13-7-8-19(16-36)37-28-25(27(32)33-17-34-28)26(35-37)22-12-11-21(14-24(22)30)40-20-9-5-4-6-10-20/h4-6,9-12,14,17,19H,3,7-8,13,16H2,1-2H3,(H2,32,33,34)/b23-18-/t19-/m1/s1. The maximum Gasteiger partial charge on any atom is 0.268 e. The topological polar surface area (TPSA) is 132 Å². The molecule has 2 aromatic heterocycles. The minimum absolute atomic E-state index is 0.0278. The average molecular weight is 542 g/mol. The van der Waals surface area contributed by atoms with Crippen molar-refractivity contribution in [2.45, 2.75) is 32.7 Å². The number of anilines is 1. The summed E-state index contributed by atoms with van der Waals surface area (Å²) < 4.78 is 28.3. The molecule has 0 saturated carbocycles. The number of rotatable bonds is 7. The molecule has 1 fully saturated rings. The molecule has 1 saturated heterocycles. The van der Waals surface area contributed by atoms with Crippen LogP contribution in [0.2, 0.25) is 0 Å². The Kier molecular flexibility index (Phi) is 7.59. The first-order valence-corrected chi connectivity index (χ1v) is 13.0. The number of nitrogens with two attached hydrogens (primary N) is 1. The van der Waals surface area contributed by atoms with Crippen molar-refractivity contribution in [3.05, 3.63) is 72.0 Å². The maximum atomic E-state index is 15.5.